The van der Waals surface area contributed by atoms with E-state index < -0.39 is 0 Å². The molecule has 0 saturated carbocycles. The molecule has 3 nitrogen and oxygen atoms in total. The number of rotatable bonds is 5. The van der Waals surface area contributed by atoms with Gasteiger partial charge in [0, 0.05) is 12.2 Å². The smallest absolute Gasteiger partial charge is 0.338 e. The van der Waals surface area contributed by atoms with E-state index in [1.165, 1.54) is 0 Å². The molecule has 0 unspecified atom stereocenters. The van der Waals surface area contributed by atoms with Crippen LogP contribution in [0, 0.1) is 0 Å². The van der Waals surface area contributed by atoms with Crippen LogP contribution in [0.1, 0.15) is 10.4 Å². The normalized spacial score (nSPS) is 10.4. The molecule has 3 aromatic carbocycles. The van der Waals surface area contributed by atoms with Crippen molar-refractivity contribution in [3.05, 3.63) is 78.4 Å². The number of fused-ring (bicyclic) bond motifs is 1. The summed E-state index contributed by atoms with van der Waals surface area (Å²) in [5.41, 5.74) is 1.60. The third-order valence-electron chi connectivity index (χ3n) is 3.42. The Labute approximate surface area is 129 Å². The Kier molecular flexibility index (Phi) is 4.35. The Hall–Kier alpha value is -2.81. The van der Waals surface area contributed by atoms with Crippen molar-refractivity contribution >= 4 is 22.4 Å². The number of hydrogen-bond donors (Lipinski definition) is 1. The van der Waals surface area contributed by atoms with Crippen LogP contribution in [0.25, 0.3) is 10.8 Å². The van der Waals surface area contributed by atoms with Gasteiger partial charge in [-0.15, -0.1) is 0 Å². The van der Waals surface area contributed by atoms with Gasteiger partial charge in [0.15, 0.2) is 0 Å². The Morgan fingerprint density at radius 2 is 1.59 bits per heavy atom. The first kappa shape index (κ1) is 14.1. The molecule has 1 N–H and O–H groups in total. The number of para-hydroxylation sites is 1. The minimum atomic E-state index is -0.291. The van der Waals surface area contributed by atoms with Crippen molar-refractivity contribution in [1.29, 1.82) is 0 Å². The molecule has 0 heterocycles. The maximum Gasteiger partial charge on any atom is 0.338 e. The third-order valence-corrected chi connectivity index (χ3v) is 3.42. The van der Waals surface area contributed by atoms with Gasteiger partial charge in [-0.05, 0) is 35.0 Å². The number of carbonyl (C=O) groups excluding carboxylic acids is 1. The zero-order chi connectivity index (χ0) is 15.2. The van der Waals surface area contributed by atoms with Crippen molar-refractivity contribution in [2.75, 3.05) is 18.5 Å². The minimum Gasteiger partial charge on any atom is -0.460 e. The summed E-state index contributed by atoms with van der Waals surface area (Å²) in [5, 5.41) is 5.36. The van der Waals surface area contributed by atoms with E-state index in [2.05, 4.69) is 5.32 Å². The second kappa shape index (κ2) is 6.76. The van der Waals surface area contributed by atoms with E-state index in [0.717, 1.165) is 16.5 Å². The van der Waals surface area contributed by atoms with Crippen molar-refractivity contribution in [2.24, 2.45) is 0 Å². The topological polar surface area (TPSA) is 38.3 Å². The van der Waals surface area contributed by atoms with Crippen LogP contribution in [-0.4, -0.2) is 19.1 Å². The summed E-state index contributed by atoms with van der Waals surface area (Å²) in [4.78, 5) is 12.0. The fraction of sp³-hybridized carbons (Fsp3) is 0.105. The summed E-state index contributed by atoms with van der Waals surface area (Å²) in [5.74, 6) is -0.291. The number of anilines is 1. The molecule has 3 heteroatoms. The van der Waals surface area contributed by atoms with Gasteiger partial charge in [-0.2, -0.15) is 0 Å². The van der Waals surface area contributed by atoms with Crippen molar-refractivity contribution in [3.63, 3.8) is 0 Å². The van der Waals surface area contributed by atoms with Gasteiger partial charge in [0.2, 0.25) is 0 Å². The number of hydrogen-bond acceptors (Lipinski definition) is 3. The van der Waals surface area contributed by atoms with Gasteiger partial charge >= 0.3 is 5.97 Å². The van der Waals surface area contributed by atoms with Crippen LogP contribution in [0.15, 0.2) is 72.8 Å². The lowest BCUT2D eigenvalue weighted by Gasteiger charge is -2.08. The molecule has 3 aromatic rings. The standard InChI is InChI=1S/C19H17NO2/c21-19(22-13-12-20-18-8-2-1-3-9-18)17-11-10-15-6-4-5-7-16(15)14-17/h1-11,14,20H,12-13H2. The number of benzene rings is 3. The molecule has 110 valence electrons. The van der Waals surface area contributed by atoms with Crippen molar-refractivity contribution < 1.29 is 9.53 Å². The molecule has 0 aliphatic rings. The molecule has 0 aromatic heterocycles. The molecule has 22 heavy (non-hydrogen) atoms. The maximum atomic E-state index is 12.0. The number of carbonyl (C=O) groups is 1. The number of esters is 1. The minimum absolute atomic E-state index is 0.291. The third kappa shape index (κ3) is 3.44. The Bertz CT molecular complexity index is 769. The fourth-order valence-corrected chi connectivity index (χ4v) is 2.29. The summed E-state index contributed by atoms with van der Waals surface area (Å²) >= 11 is 0. The zero-order valence-corrected chi connectivity index (χ0v) is 12.2. The first-order valence-corrected chi connectivity index (χ1v) is 7.28. The van der Waals surface area contributed by atoms with E-state index >= 15 is 0 Å². The molecule has 0 amide bonds. The molecule has 0 aliphatic carbocycles. The molecule has 3 rings (SSSR count). The summed E-state index contributed by atoms with van der Waals surface area (Å²) in [6.07, 6.45) is 0. The van der Waals surface area contributed by atoms with Gasteiger partial charge < -0.3 is 10.1 Å². The van der Waals surface area contributed by atoms with Crippen LogP contribution < -0.4 is 5.32 Å². The molecular formula is C19H17NO2. The lowest BCUT2D eigenvalue weighted by molar-refractivity contribution is 0.0521. The Morgan fingerprint density at radius 1 is 0.864 bits per heavy atom. The Morgan fingerprint density at radius 3 is 2.41 bits per heavy atom. The van der Waals surface area contributed by atoms with Crippen LogP contribution in [0.5, 0.6) is 0 Å². The SMILES string of the molecule is O=C(OCCNc1ccccc1)c1ccc2ccccc2c1. The quantitative estimate of drug-likeness (QED) is 0.568. The van der Waals surface area contributed by atoms with E-state index in [0.29, 0.717) is 18.7 Å². The summed E-state index contributed by atoms with van der Waals surface area (Å²) < 4.78 is 5.30. The van der Waals surface area contributed by atoms with Crippen LogP contribution in [-0.2, 0) is 4.74 Å². The lowest BCUT2D eigenvalue weighted by atomic mass is 10.1. The molecular weight excluding hydrogens is 274 g/mol. The monoisotopic (exact) mass is 291 g/mol. The van der Waals surface area contributed by atoms with Gasteiger partial charge in [-0.3, -0.25) is 0 Å². The number of ether oxygens (including phenoxy) is 1. The van der Waals surface area contributed by atoms with Crippen LogP contribution in [0.2, 0.25) is 0 Å². The van der Waals surface area contributed by atoms with Gasteiger partial charge in [0.1, 0.15) is 6.61 Å². The molecule has 0 atom stereocenters. The number of nitrogens with one attached hydrogen (secondary N) is 1. The second-order valence-corrected chi connectivity index (χ2v) is 4.99. The Balaban J connectivity index is 1.54. The van der Waals surface area contributed by atoms with E-state index in [1.54, 1.807) is 6.07 Å². The van der Waals surface area contributed by atoms with Crippen LogP contribution in [0.3, 0.4) is 0 Å². The predicted octanol–water partition coefficient (Wildman–Crippen LogP) is 4.11. The molecule has 0 spiro atoms. The summed E-state index contributed by atoms with van der Waals surface area (Å²) in [6, 6.07) is 23.4. The fourth-order valence-electron chi connectivity index (χ4n) is 2.29. The molecule has 0 fully saturated rings. The van der Waals surface area contributed by atoms with Gasteiger partial charge in [0.25, 0.3) is 0 Å². The highest BCUT2D eigenvalue weighted by Crippen LogP contribution is 2.16. The van der Waals surface area contributed by atoms with E-state index in [9.17, 15) is 4.79 Å². The van der Waals surface area contributed by atoms with Crippen molar-refractivity contribution in [3.8, 4) is 0 Å². The predicted molar refractivity (Wildman–Crippen MR) is 89.2 cm³/mol. The van der Waals surface area contributed by atoms with E-state index in [-0.39, 0.29) is 5.97 Å². The summed E-state index contributed by atoms with van der Waals surface area (Å²) in [7, 11) is 0. The van der Waals surface area contributed by atoms with Gasteiger partial charge in [-0.1, -0.05) is 48.5 Å². The van der Waals surface area contributed by atoms with Crippen LogP contribution >= 0.6 is 0 Å². The van der Waals surface area contributed by atoms with Crippen LogP contribution in [0.4, 0.5) is 5.69 Å². The van der Waals surface area contributed by atoms with Gasteiger partial charge in [0.05, 0.1) is 5.56 Å². The highest BCUT2D eigenvalue weighted by atomic mass is 16.5. The van der Waals surface area contributed by atoms with E-state index in [4.69, 9.17) is 4.74 Å². The average Bonchev–Trinajstić information content (AvgIpc) is 2.59. The van der Waals surface area contributed by atoms with Crippen molar-refractivity contribution in [2.45, 2.75) is 0 Å². The van der Waals surface area contributed by atoms with Crippen molar-refractivity contribution in [1.82, 2.24) is 0 Å². The average molecular weight is 291 g/mol. The lowest BCUT2D eigenvalue weighted by Crippen LogP contribution is -2.13. The summed E-state index contributed by atoms with van der Waals surface area (Å²) in [6.45, 7) is 0.921. The molecule has 0 saturated heterocycles. The first-order valence-electron chi connectivity index (χ1n) is 7.28. The molecule has 0 bridgehead atoms. The first-order chi connectivity index (χ1) is 10.8. The second-order valence-electron chi connectivity index (χ2n) is 4.99. The van der Waals surface area contributed by atoms with E-state index in [1.807, 2.05) is 66.7 Å². The largest absolute Gasteiger partial charge is 0.460 e. The molecule has 0 radical (unpaired) electrons. The zero-order valence-electron chi connectivity index (χ0n) is 12.2. The highest BCUT2D eigenvalue weighted by molar-refractivity contribution is 5.95. The van der Waals surface area contributed by atoms with Gasteiger partial charge in [-0.25, -0.2) is 4.79 Å². The maximum absolute atomic E-state index is 12.0. The molecule has 0 aliphatic heterocycles. The highest BCUT2D eigenvalue weighted by Gasteiger charge is 2.07.